The van der Waals surface area contributed by atoms with E-state index in [1.54, 1.807) is 6.08 Å². The summed E-state index contributed by atoms with van der Waals surface area (Å²) in [5, 5.41) is 12.2. The summed E-state index contributed by atoms with van der Waals surface area (Å²) < 4.78 is 61.5. The SMILES string of the molecule is CCCCS(=O)(=O)N=C1C=C2C(=CC1=C1C(=O)C(c3cc4c(cc3NS(=O)(=O)CCCC)N(C(C)C)C(C)(CCC)C4(C)C)=C1O)C(C)(C)C(C)(CCC)N2C(C)C. The Bertz CT molecular complexity index is 2220. The highest BCUT2D eigenvalue weighted by atomic mass is 32.2. The zero-order chi connectivity index (χ0) is 43.6. The van der Waals surface area contributed by atoms with E-state index in [0.717, 1.165) is 48.2 Å². The molecule has 12 heteroatoms. The van der Waals surface area contributed by atoms with E-state index in [1.165, 1.54) is 0 Å². The number of unbranched alkanes of at least 4 members (excludes halogenated alkanes) is 2. The number of ketones is 1. The molecule has 322 valence electrons. The standard InChI is InChI=1S/C46H70N4O6S2/c1-15-19-23-57(53,54)47-35-27-37-33(43(9,10)45(13,21-17-3)49(37)29(5)6)25-31(35)39-41(51)40(42(39)52)32-26-34-38(28-36(32)48-58(55,56)24-20-16-2)50(30(7)8)46(14,22-18-4)44(34,11)12/h25-30,47,51H,15-24H2,1-14H3. The van der Waals surface area contributed by atoms with Crippen molar-refractivity contribution in [3.05, 3.63) is 63.6 Å². The number of nitrogens with one attached hydrogen (secondary N) is 1. The molecule has 2 atom stereocenters. The molecule has 0 aromatic heterocycles. The van der Waals surface area contributed by atoms with Crippen molar-refractivity contribution in [1.82, 2.24) is 4.90 Å². The Morgan fingerprint density at radius 2 is 1.29 bits per heavy atom. The van der Waals surface area contributed by atoms with Gasteiger partial charge in [-0.05, 0) is 103 Å². The monoisotopic (exact) mass is 838 g/mol. The summed E-state index contributed by atoms with van der Waals surface area (Å²) >= 11 is 0. The summed E-state index contributed by atoms with van der Waals surface area (Å²) in [5.41, 5.74) is 3.10. The fraction of sp³-hybridized carbons (Fsp3) is 0.652. The fourth-order valence-corrected chi connectivity index (χ4v) is 12.8. The van der Waals surface area contributed by atoms with Gasteiger partial charge in [-0.15, -0.1) is 0 Å². The first-order valence-corrected chi connectivity index (χ1v) is 24.9. The van der Waals surface area contributed by atoms with Crippen LogP contribution in [-0.4, -0.2) is 73.0 Å². The number of likely N-dealkylation sites (tertiary alicyclic amines) is 1. The van der Waals surface area contributed by atoms with Gasteiger partial charge >= 0.3 is 0 Å². The van der Waals surface area contributed by atoms with Crippen LogP contribution in [0.25, 0.3) is 5.57 Å². The van der Waals surface area contributed by atoms with E-state index < -0.39 is 36.7 Å². The fourth-order valence-electron chi connectivity index (χ4n) is 10.4. The van der Waals surface area contributed by atoms with Crippen molar-refractivity contribution in [2.24, 2.45) is 9.81 Å². The van der Waals surface area contributed by atoms with E-state index in [2.05, 4.69) is 102 Å². The lowest BCUT2D eigenvalue weighted by Gasteiger charge is -2.47. The van der Waals surface area contributed by atoms with Gasteiger partial charge in [0.1, 0.15) is 5.76 Å². The van der Waals surface area contributed by atoms with E-state index >= 15 is 0 Å². The highest BCUT2D eigenvalue weighted by Crippen LogP contribution is 2.60. The molecule has 58 heavy (non-hydrogen) atoms. The number of aliphatic hydroxyl groups is 1. The zero-order valence-electron chi connectivity index (χ0n) is 37.7. The van der Waals surface area contributed by atoms with Crippen LogP contribution in [0.15, 0.2) is 56.9 Å². The third kappa shape index (κ3) is 7.30. The number of hydrogen-bond donors (Lipinski definition) is 2. The van der Waals surface area contributed by atoms with Crippen LogP contribution in [-0.2, 0) is 30.3 Å². The first-order chi connectivity index (χ1) is 26.8. The Morgan fingerprint density at radius 1 is 0.741 bits per heavy atom. The number of rotatable bonds is 16. The minimum Gasteiger partial charge on any atom is -0.506 e. The van der Waals surface area contributed by atoms with Gasteiger partial charge in [0.25, 0.3) is 10.0 Å². The van der Waals surface area contributed by atoms with Crippen molar-refractivity contribution in [2.75, 3.05) is 21.1 Å². The molecule has 0 amide bonds. The van der Waals surface area contributed by atoms with Crippen LogP contribution in [0.2, 0.25) is 0 Å². The minimum atomic E-state index is -3.94. The smallest absolute Gasteiger partial charge is 0.253 e. The summed E-state index contributed by atoms with van der Waals surface area (Å²) in [4.78, 5) is 19.6. The number of Topliss-reactive ketones (excluding diaryl/α,β-unsaturated/α-hetero) is 1. The first kappa shape index (κ1) is 45.7. The first-order valence-electron chi connectivity index (χ1n) is 21.6. The number of allylic oxidation sites excluding steroid dienone is 6. The molecule has 2 aliphatic carbocycles. The molecule has 4 aliphatic rings. The van der Waals surface area contributed by atoms with Crippen LogP contribution in [0.5, 0.6) is 0 Å². The average molecular weight is 839 g/mol. The Labute approximate surface area is 350 Å². The van der Waals surface area contributed by atoms with Crippen LogP contribution >= 0.6 is 0 Å². The molecule has 0 spiro atoms. The van der Waals surface area contributed by atoms with Crippen molar-refractivity contribution in [3.8, 4) is 0 Å². The third-order valence-electron chi connectivity index (χ3n) is 13.9. The molecule has 1 aromatic rings. The summed E-state index contributed by atoms with van der Waals surface area (Å²) in [6.07, 6.45) is 9.58. The van der Waals surface area contributed by atoms with Crippen LogP contribution in [0.4, 0.5) is 11.4 Å². The molecule has 2 aliphatic heterocycles. The normalized spacial score (nSPS) is 26.1. The molecular formula is C46H70N4O6S2. The van der Waals surface area contributed by atoms with Gasteiger partial charge in [0, 0.05) is 56.5 Å². The van der Waals surface area contributed by atoms with Crippen molar-refractivity contribution in [2.45, 2.75) is 177 Å². The van der Waals surface area contributed by atoms with E-state index in [0.29, 0.717) is 31.2 Å². The molecule has 2 unspecified atom stereocenters. The van der Waals surface area contributed by atoms with Gasteiger partial charge in [-0.3, -0.25) is 9.52 Å². The van der Waals surface area contributed by atoms with Crippen molar-refractivity contribution in [3.63, 3.8) is 0 Å². The van der Waals surface area contributed by atoms with Gasteiger partial charge in [-0.2, -0.15) is 4.40 Å². The second-order valence-electron chi connectivity index (χ2n) is 19.0. The van der Waals surface area contributed by atoms with Crippen LogP contribution < -0.4 is 9.62 Å². The summed E-state index contributed by atoms with van der Waals surface area (Å²) in [5.74, 6) is -1.02. The molecule has 2 N–H and O–H groups in total. The number of aliphatic hydroxyl groups excluding tert-OH is 1. The molecule has 1 aromatic carbocycles. The second-order valence-corrected chi connectivity index (χ2v) is 22.6. The maximum Gasteiger partial charge on any atom is 0.253 e. The number of benzene rings is 1. The van der Waals surface area contributed by atoms with E-state index in [-0.39, 0.29) is 68.5 Å². The molecule has 5 rings (SSSR count). The van der Waals surface area contributed by atoms with Crippen LogP contribution in [0.3, 0.4) is 0 Å². The topological polar surface area (TPSA) is 136 Å². The Kier molecular flexibility index (Phi) is 12.5. The van der Waals surface area contributed by atoms with Gasteiger partial charge < -0.3 is 14.9 Å². The third-order valence-corrected chi connectivity index (χ3v) is 16.5. The lowest BCUT2D eigenvalue weighted by atomic mass is 9.67. The van der Waals surface area contributed by atoms with Crippen molar-refractivity contribution in [1.29, 1.82) is 0 Å². The van der Waals surface area contributed by atoms with Gasteiger partial charge in [0.2, 0.25) is 15.8 Å². The summed E-state index contributed by atoms with van der Waals surface area (Å²) in [7, 11) is -7.76. The molecule has 1 saturated heterocycles. The van der Waals surface area contributed by atoms with Crippen molar-refractivity contribution >= 4 is 48.5 Å². The molecule has 0 bridgehead atoms. The zero-order valence-corrected chi connectivity index (χ0v) is 39.3. The Balaban J connectivity index is 1.83. The number of sulfonamides is 2. The number of fused-ring (bicyclic) bond motifs is 2. The quantitative estimate of drug-likeness (QED) is 0.157. The Hall–Kier alpha value is -3.38. The van der Waals surface area contributed by atoms with Gasteiger partial charge in [-0.25, -0.2) is 16.8 Å². The second kappa shape index (κ2) is 15.9. The lowest BCUT2D eigenvalue weighted by molar-refractivity contribution is -0.111. The van der Waals surface area contributed by atoms with E-state index in [9.17, 15) is 26.7 Å². The number of anilines is 2. The molecule has 0 saturated carbocycles. The van der Waals surface area contributed by atoms with Crippen LogP contribution in [0.1, 0.15) is 159 Å². The summed E-state index contributed by atoms with van der Waals surface area (Å²) in [6.45, 7) is 30.0. The van der Waals surface area contributed by atoms with E-state index in [4.69, 9.17) is 0 Å². The highest BCUT2D eigenvalue weighted by molar-refractivity contribution is 7.92. The van der Waals surface area contributed by atoms with Crippen molar-refractivity contribution < 1.29 is 26.7 Å². The molecule has 0 radical (unpaired) electrons. The number of carbonyl (C=O) groups excluding carboxylic acids is 1. The van der Waals surface area contributed by atoms with E-state index in [1.807, 2.05) is 32.1 Å². The summed E-state index contributed by atoms with van der Waals surface area (Å²) in [6, 6.07) is 3.92. The highest BCUT2D eigenvalue weighted by Gasteiger charge is 2.58. The maximum atomic E-state index is 14.8. The lowest BCUT2D eigenvalue weighted by Crippen LogP contribution is -2.55. The molecule has 2 heterocycles. The molecule has 10 nitrogen and oxygen atoms in total. The van der Waals surface area contributed by atoms with Gasteiger partial charge in [0.15, 0.2) is 0 Å². The van der Waals surface area contributed by atoms with Gasteiger partial charge in [0.05, 0.1) is 34.1 Å². The average Bonchev–Trinajstić information content (AvgIpc) is 3.38. The maximum absolute atomic E-state index is 14.8. The van der Waals surface area contributed by atoms with Gasteiger partial charge in [-0.1, -0.05) is 81.1 Å². The molecule has 1 fully saturated rings. The largest absolute Gasteiger partial charge is 0.506 e. The predicted molar refractivity (Wildman–Crippen MR) is 241 cm³/mol. The minimum absolute atomic E-state index is 0.00107. The number of nitrogens with zero attached hydrogens (tertiary/aromatic N) is 3. The predicted octanol–water partition coefficient (Wildman–Crippen LogP) is 10.1. The Morgan fingerprint density at radius 3 is 1.81 bits per heavy atom. The number of carbonyl (C=O) groups is 1. The number of hydrogen-bond acceptors (Lipinski definition) is 8. The molecular weight excluding hydrogens is 769 g/mol. The van der Waals surface area contributed by atoms with Crippen LogP contribution in [0, 0.1) is 5.41 Å².